The Morgan fingerprint density at radius 1 is 1.09 bits per heavy atom. The standard InChI is InChI=1S/C24H24F2N2O6/c1-14-20(23(29)33-13-12-16-8-4-6-10-18(16)32-3)21(22(28(30)31)15(2)27-14)17-9-5-7-11-19(17)34-24(25)26/h4-11,21,24,27H,12-13H2,1-3H3. The van der Waals surface area contributed by atoms with E-state index in [1.165, 1.54) is 38.3 Å². The monoisotopic (exact) mass is 474 g/mol. The van der Waals surface area contributed by atoms with Crippen molar-refractivity contribution < 1.29 is 32.7 Å². The van der Waals surface area contributed by atoms with Gasteiger partial charge in [0.15, 0.2) is 0 Å². The Morgan fingerprint density at radius 2 is 1.74 bits per heavy atom. The number of methoxy groups -OCH3 is 1. The van der Waals surface area contributed by atoms with Gasteiger partial charge < -0.3 is 19.5 Å². The fourth-order valence-electron chi connectivity index (χ4n) is 3.96. The molecule has 0 aliphatic carbocycles. The number of esters is 1. The van der Waals surface area contributed by atoms with E-state index >= 15 is 0 Å². The van der Waals surface area contributed by atoms with Gasteiger partial charge in [0.05, 0.1) is 29.9 Å². The van der Waals surface area contributed by atoms with E-state index in [4.69, 9.17) is 9.47 Å². The Morgan fingerprint density at radius 3 is 2.38 bits per heavy atom. The first kappa shape index (κ1) is 24.7. The van der Waals surface area contributed by atoms with Crippen molar-refractivity contribution in [3.63, 3.8) is 0 Å². The van der Waals surface area contributed by atoms with Crippen molar-refractivity contribution in [1.82, 2.24) is 5.32 Å². The van der Waals surface area contributed by atoms with Crippen LogP contribution in [0.25, 0.3) is 0 Å². The second-order valence-electron chi connectivity index (χ2n) is 7.48. The van der Waals surface area contributed by atoms with E-state index in [1.54, 1.807) is 13.0 Å². The number of nitrogens with one attached hydrogen (secondary N) is 1. The summed E-state index contributed by atoms with van der Waals surface area (Å²) in [4.78, 5) is 24.5. The molecule has 180 valence electrons. The quantitative estimate of drug-likeness (QED) is 0.323. The van der Waals surface area contributed by atoms with E-state index in [0.29, 0.717) is 17.9 Å². The minimum absolute atomic E-state index is 0.0195. The van der Waals surface area contributed by atoms with Gasteiger partial charge in [0.1, 0.15) is 17.4 Å². The molecule has 3 rings (SSSR count). The number of alkyl halides is 2. The van der Waals surface area contributed by atoms with Crippen LogP contribution in [0.4, 0.5) is 8.78 Å². The number of dihydropyridines is 1. The van der Waals surface area contributed by atoms with Gasteiger partial charge in [-0.05, 0) is 31.5 Å². The number of benzene rings is 2. The van der Waals surface area contributed by atoms with Crippen LogP contribution in [0.15, 0.2) is 71.2 Å². The maximum atomic E-state index is 13.2. The van der Waals surface area contributed by atoms with Gasteiger partial charge in [-0.2, -0.15) is 8.78 Å². The third-order valence-electron chi connectivity index (χ3n) is 5.39. The van der Waals surface area contributed by atoms with Crippen LogP contribution in [0.1, 0.15) is 30.9 Å². The molecule has 1 N–H and O–H groups in total. The molecule has 0 amide bonds. The van der Waals surface area contributed by atoms with Crippen LogP contribution in [-0.2, 0) is 16.0 Å². The summed E-state index contributed by atoms with van der Waals surface area (Å²) in [6.07, 6.45) is 0.349. The summed E-state index contributed by atoms with van der Waals surface area (Å²) >= 11 is 0. The highest BCUT2D eigenvalue weighted by atomic mass is 19.3. The fraction of sp³-hybridized carbons (Fsp3) is 0.292. The highest BCUT2D eigenvalue weighted by molar-refractivity contribution is 5.92. The molecule has 34 heavy (non-hydrogen) atoms. The highest BCUT2D eigenvalue weighted by Crippen LogP contribution is 2.42. The van der Waals surface area contributed by atoms with Crippen LogP contribution in [0.5, 0.6) is 11.5 Å². The van der Waals surface area contributed by atoms with E-state index < -0.39 is 23.4 Å². The van der Waals surface area contributed by atoms with Gasteiger partial charge in [-0.1, -0.05) is 36.4 Å². The maximum absolute atomic E-state index is 13.2. The topological polar surface area (TPSA) is 99.9 Å². The van der Waals surface area contributed by atoms with Gasteiger partial charge in [0, 0.05) is 17.7 Å². The Labute approximate surface area is 195 Å². The number of ether oxygens (including phenoxy) is 3. The summed E-state index contributed by atoms with van der Waals surface area (Å²) in [5.41, 5.74) is 0.980. The molecule has 1 unspecified atom stereocenters. The average Bonchev–Trinajstić information content (AvgIpc) is 2.78. The molecule has 0 spiro atoms. The van der Waals surface area contributed by atoms with Crippen molar-refractivity contribution in [3.8, 4) is 11.5 Å². The van der Waals surface area contributed by atoms with Gasteiger partial charge >= 0.3 is 12.6 Å². The number of hydrogen-bond donors (Lipinski definition) is 1. The summed E-state index contributed by atoms with van der Waals surface area (Å²) in [6.45, 7) is -0.113. The maximum Gasteiger partial charge on any atom is 0.387 e. The van der Waals surface area contributed by atoms with Crippen LogP contribution in [0.2, 0.25) is 0 Å². The lowest BCUT2D eigenvalue weighted by Gasteiger charge is -2.27. The average molecular weight is 474 g/mol. The van der Waals surface area contributed by atoms with Gasteiger partial charge in [-0.25, -0.2) is 4.79 Å². The molecule has 2 aromatic carbocycles. The molecule has 1 atom stereocenters. The molecule has 0 fully saturated rings. The predicted octanol–water partition coefficient (Wildman–Crippen LogP) is 4.55. The molecule has 10 heteroatoms. The van der Waals surface area contributed by atoms with Crippen LogP contribution < -0.4 is 14.8 Å². The van der Waals surface area contributed by atoms with E-state index in [9.17, 15) is 23.7 Å². The number of nitro groups is 1. The van der Waals surface area contributed by atoms with E-state index in [0.717, 1.165) is 5.56 Å². The molecular formula is C24H24F2N2O6. The van der Waals surface area contributed by atoms with Crippen LogP contribution in [0.3, 0.4) is 0 Å². The second-order valence-corrected chi connectivity index (χ2v) is 7.48. The largest absolute Gasteiger partial charge is 0.496 e. The lowest BCUT2D eigenvalue weighted by atomic mass is 9.83. The zero-order chi connectivity index (χ0) is 24.8. The summed E-state index contributed by atoms with van der Waals surface area (Å²) in [6, 6.07) is 12.9. The summed E-state index contributed by atoms with van der Waals surface area (Å²) in [5, 5.41) is 14.8. The Balaban J connectivity index is 1.95. The lowest BCUT2D eigenvalue weighted by molar-refractivity contribution is -0.431. The number of halogens is 2. The summed E-state index contributed by atoms with van der Waals surface area (Å²) < 4.78 is 41.4. The van der Waals surface area contributed by atoms with Crippen LogP contribution >= 0.6 is 0 Å². The van der Waals surface area contributed by atoms with Crippen molar-refractivity contribution in [3.05, 3.63) is 92.4 Å². The summed E-state index contributed by atoms with van der Waals surface area (Å²) in [7, 11) is 1.53. The molecule has 1 heterocycles. The third kappa shape index (κ3) is 5.33. The number of carbonyl (C=O) groups is 1. The van der Waals surface area contributed by atoms with Crippen LogP contribution in [0, 0.1) is 10.1 Å². The lowest BCUT2D eigenvalue weighted by Crippen LogP contribution is -2.32. The fourth-order valence-corrected chi connectivity index (χ4v) is 3.96. The van der Waals surface area contributed by atoms with Crippen molar-refractivity contribution in [2.75, 3.05) is 13.7 Å². The van der Waals surface area contributed by atoms with E-state index in [1.807, 2.05) is 18.2 Å². The molecule has 0 aromatic heterocycles. The van der Waals surface area contributed by atoms with Gasteiger partial charge in [0.2, 0.25) is 0 Å². The first-order chi connectivity index (χ1) is 16.2. The number of para-hydroxylation sites is 2. The number of allylic oxidation sites excluding steroid dienone is 3. The molecule has 1 aliphatic rings. The van der Waals surface area contributed by atoms with E-state index in [2.05, 4.69) is 10.1 Å². The molecule has 0 saturated heterocycles. The Bertz CT molecular complexity index is 1150. The van der Waals surface area contributed by atoms with E-state index in [-0.39, 0.29) is 34.9 Å². The smallest absolute Gasteiger partial charge is 0.387 e. The molecule has 0 bridgehead atoms. The van der Waals surface area contributed by atoms with Gasteiger partial charge in [0.25, 0.3) is 5.70 Å². The van der Waals surface area contributed by atoms with Crippen LogP contribution in [-0.4, -0.2) is 31.2 Å². The number of hydrogen-bond acceptors (Lipinski definition) is 7. The molecule has 2 aromatic rings. The molecule has 0 radical (unpaired) electrons. The SMILES string of the molecule is COc1ccccc1CCOC(=O)C1=C(C)NC(C)=C([N+](=O)[O-])C1c1ccccc1OC(F)F. The summed E-state index contributed by atoms with van der Waals surface area (Å²) in [5.74, 6) is -1.70. The Hall–Kier alpha value is -3.95. The van der Waals surface area contributed by atoms with Crippen molar-refractivity contribution in [1.29, 1.82) is 0 Å². The van der Waals surface area contributed by atoms with Crippen molar-refractivity contribution in [2.45, 2.75) is 32.8 Å². The normalized spacial score (nSPS) is 15.8. The number of rotatable bonds is 9. The molecule has 0 saturated carbocycles. The zero-order valence-electron chi connectivity index (χ0n) is 18.8. The highest BCUT2D eigenvalue weighted by Gasteiger charge is 2.42. The Kier molecular flexibility index (Phi) is 7.83. The second kappa shape index (κ2) is 10.8. The van der Waals surface area contributed by atoms with Gasteiger partial charge in [-0.15, -0.1) is 0 Å². The number of carbonyl (C=O) groups excluding carboxylic acids is 1. The zero-order valence-corrected chi connectivity index (χ0v) is 18.8. The minimum atomic E-state index is -3.15. The van der Waals surface area contributed by atoms with Crippen molar-refractivity contribution >= 4 is 5.97 Å². The first-order valence-electron chi connectivity index (χ1n) is 10.4. The molecule has 8 nitrogen and oxygen atoms in total. The minimum Gasteiger partial charge on any atom is -0.496 e. The third-order valence-corrected chi connectivity index (χ3v) is 5.39. The number of nitrogens with zero attached hydrogens (tertiary/aromatic N) is 1. The van der Waals surface area contributed by atoms with Gasteiger partial charge in [-0.3, -0.25) is 10.1 Å². The van der Waals surface area contributed by atoms with Crippen molar-refractivity contribution in [2.24, 2.45) is 0 Å². The first-order valence-corrected chi connectivity index (χ1v) is 10.4. The molecule has 1 aliphatic heterocycles. The molecular weight excluding hydrogens is 450 g/mol. The predicted molar refractivity (Wildman–Crippen MR) is 119 cm³/mol.